The summed E-state index contributed by atoms with van der Waals surface area (Å²) in [5.74, 6) is -0.0977. The number of carbonyl (C=O) groups excluding carboxylic acids is 1. The van der Waals surface area contributed by atoms with Crippen LogP contribution in [-0.4, -0.2) is 30.4 Å². The molecule has 1 aliphatic rings. The van der Waals surface area contributed by atoms with Crippen molar-refractivity contribution in [1.82, 2.24) is 5.32 Å². The van der Waals surface area contributed by atoms with Crippen LogP contribution in [0.5, 0.6) is 5.75 Å². The highest BCUT2D eigenvalue weighted by molar-refractivity contribution is 7.91. The average Bonchev–Trinajstić information content (AvgIpc) is 2.62. The van der Waals surface area contributed by atoms with Gasteiger partial charge >= 0.3 is 0 Å². The van der Waals surface area contributed by atoms with Crippen LogP contribution < -0.4 is 10.4 Å². The van der Waals surface area contributed by atoms with E-state index in [0.717, 1.165) is 0 Å². The number of nitrogens with one attached hydrogen (secondary N) is 1. The van der Waals surface area contributed by atoms with E-state index in [9.17, 15) is 23.4 Å². The molecule has 0 aromatic heterocycles. The van der Waals surface area contributed by atoms with Crippen molar-refractivity contribution in [3.8, 4) is 5.75 Å². The zero-order chi connectivity index (χ0) is 24.5. The fraction of sp³-hybridized carbons (Fsp3) is 0.500. The summed E-state index contributed by atoms with van der Waals surface area (Å²) in [5.41, 5.74) is 8.61. The van der Waals surface area contributed by atoms with Crippen molar-refractivity contribution < 1.29 is 23.4 Å². The van der Waals surface area contributed by atoms with Crippen LogP contribution in [0.2, 0.25) is 0 Å². The van der Waals surface area contributed by atoms with Crippen molar-refractivity contribution in [3.05, 3.63) is 63.6 Å². The Morgan fingerprint density at radius 1 is 1.16 bits per heavy atom. The summed E-state index contributed by atoms with van der Waals surface area (Å²) < 4.78 is 28.9. The molecule has 0 atom stereocenters. The number of aromatic hydroxyl groups is 1. The molecule has 0 aliphatic heterocycles. The number of amides is 1. The van der Waals surface area contributed by atoms with E-state index < -0.39 is 37.7 Å². The van der Waals surface area contributed by atoms with Gasteiger partial charge in [0.15, 0.2) is 0 Å². The molecule has 0 radical (unpaired) electrons. The van der Waals surface area contributed by atoms with Crippen molar-refractivity contribution >= 4 is 16.1 Å². The maximum Gasteiger partial charge on any atom is 0.249 e. The van der Waals surface area contributed by atoms with E-state index in [1.807, 2.05) is 0 Å². The SMILES string of the molecule is CC(C)(C)C1=CC(NC(=O)[O-])C=C(C(C)(C)C)C1(Cc1ccccc1O)S(=O)(=O)N=[N+]=[N-]. The van der Waals surface area contributed by atoms with Gasteiger partial charge in [-0.15, -0.1) is 0 Å². The number of azide groups is 1. The maximum atomic E-state index is 13.7. The van der Waals surface area contributed by atoms with Crippen molar-refractivity contribution in [3.63, 3.8) is 0 Å². The lowest BCUT2D eigenvalue weighted by Crippen LogP contribution is -2.54. The zero-order valence-electron chi connectivity index (χ0n) is 19.1. The molecule has 2 rings (SSSR count). The molecule has 0 unspecified atom stereocenters. The molecule has 1 aromatic carbocycles. The van der Waals surface area contributed by atoms with Gasteiger partial charge in [-0.2, -0.15) is 0 Å². The molecule has 9 nitrogen and oxygen atoms in total. The van der Waals surface area contributed by atoms with Crippen LogP contribution >= 0.6 is 0 Å². The highest BCUT2D eigenvalue weighted by atomic mass is 32.2. The number of carboxylic acid groups (broad SMARTS) is 1. The van der Waals surface area contributed by atoms with Crippen LogP contribution in [0.4, 0.5) is 4.79 Å². The van der Waals surface area contributed by atoms with Crippen LogP contribution in [-0.2, 0) is 16.4 Å². The molecule has 0 saturated heterocycles. The largest absolute Gasteiger partial charge is 0.530 e. The molecule has 0 spiro atoms. The molecule has 0 bridgehead atoms. The number of nitrogens with zero attached hydrogens (tertiary/aromatic N) is 3. The minimum absolute atomic E-state index is 0.0977. The van der Waals surface area contributed by atoms with Crippen LogP contribution in [0, 0.1) is 10.8 Å². The van der Waals surface area contributed by atoms with E-state index in [1.165, 1.54) is 18.2 Å². The molecule has 1 aliphatic carbocycles. The molecule has 2 N–H and O–H groups in total. The van der Waals surface area contributed by atoms with Gasteiger partial charge in [0.05, 0.1) is 6.04 Å². The topological polar surface area (TPSA) is 155 Å². The summed E-state index contributed by atoms with van der Waals surface area (Å²) >= 11 is 0. The second-order valence-corrected chi connectivity index (χ2v) is 11.7. The Hall–Kier alpha value is -2.97. The number of hydrogen-bond donors (Lipinski definition) is 2. The average molecular weight is 462 g/mol. The van der Waals surface area contributed by atoms with Crippen molar-refractivity contribution in [2.24, 2.45) is 15.3 Å². The Morgan fingerprint density at radius 2 is 1.66 bits per heavy atom. The maximum absolute atomic E-state index is 13.7. The molecule has 0 saturated carbocycles. The first-order valence-electron chi connectivity index (χ1n) is 10.1. The lowest BCUT2D eigenvalue weighted by molar-refractivity contribution is -0.251. The fourth-order valence-corrected chi connectivity index (χ4v) is 6.24. The predicted octanol–water partition coefficient (Wildman–Crippen LogP) is 3.57. The van der Waals surface area contributed by atoms with Crippen LogP contribution in [0.15, 0.2) is 52.1 Å². The molecule has 174 valence electrons. The van der Waals surface area contributed by atoms with Crippen molar-refractivity contribution in [2.75, 3.05) is 0 Å². The molecular formula is C22H29N4O5S-. The standard InChI is InChI=1S/C22H30N4O5S/c1-20(2,3)17-11-15(24-19(28)29)12-18(21(4,5)6)22(17,32(30,31)26-25-23)13-14-9-7-8-10-16(14)27/h7-12,15,24,27H,13H2,1-6H3,(H,28,29)/p-1. The monoisotopic (exact) mass is 461 g/mol. The minimum atomic E-state index is -4.56. The second-order valence-electron chi connectivity index (χ2n) is 9.90. The summed E-state index contributed by atoms with van der Waals surface area (Å²) in [6, 6.07) is 5.51. The van der Waals surface area contributed by atoms with Gasteiger partial charge in [0, 0.05) is 15.9 Å². The van der Waals surface area contributed by atoms with Gasteiger partial charge in [-0.1, -0.05) is 71.9 Å². The predicted molar refractivity (Wildman–Crippen MR) is 120 cm³/mol. The Labute approximate surface area is 188 Å². The van der Waals surface area contributed by atoms with Gasteiger partial charge < -0.3 is 20.3 Å². The van der Waals surface area contributed by atoms with E-state index in [-0.39, 0.29) is 12.2 Å². The smallest absolute Gasteiger partial charge is 0.249 e. The number of rotatable bonds is 5. The number of benzene rings is 1. The Morgan fingerprint density at radius 3 is 2.06 bits per heavy atom. The zero-order valence-corrected chi connectivity index (χ0v) is 19.9. The normalized spacial score (nSPS) is 21.8. The molecule has 1 aromatic rings. The summed E-state index contributed by atoms with van der Waals surface area (Å²) in [7, 11) is -4.56. The highest BCUT2D eigenvalue weighted by Crippen LogP contribution is 2.54. The Bertz CT molecular complexity index is 1090. The molecule has 10 heteroatoms. The summed E-state index contributed by atoms with van der Waals surface area (Å²) in [4.78, 5) is 13.9. The summed E-state index contributed by atoms with van der Waals surface area (Å²) in [6.07, 6.45) is 1.34. The van der Waals surface area contributed by atoms with E-state index in [4.69, 9.17) is 5.53 Å². The third-order valence-electron chi connectivity index (χ3n) is 5.48. The first-order chi connectivity index (χ1) is 14.6. The first-order valence-corrected chi connectivity index (χ1v) is 11.5. The lowest BCUT2D eigenvalue weighted by atomic mass is 9.64. The number of phenolic OH excluding ortho intramolecular Hbond substituents is 1. The van der Waals surface area contributed by atoms with Gasteiger partial charge in [0.1, 0.15) is 16.6 Å². The van der Waals surface area contributed by atoms with Gasteiger partial charge in [-0.25, -0.2) is 8.42 Å². The van der Waals surface area contributed by atoms with Crippen LogP contribution in [0.3, 0.4) is 0 Å². The van der Waals surface area contributed by atoms with E-state index in [0.29, 0.717) is 16.7 Å². The van der Waals surface area contributed by atoms with Crippen LogP contribution in [0.25, 0.3) is 10.4 Å². The van der Waals surface area contributed by atoms with Crippen molar-refractivity contribution in [1.29, 1.82) is 0 Å². The number of phenols is 1. The quantitative estimate of drug-likeness (QED) is 0.297. The molecular weight excluding hydrogens is 432 g/mol. The minimum Gasteiger partial charge on any atom is -0.530 e. The third kappa shape index (κ3) is 4.76. The summed E-state index contributed by atoms with van der Waals surface area (Å²) in [5, 5.41) is 24.0. The van der Waals surface area contributed by atoms with Gasteiger partial charge in [-0.05, 0) is 39.1 Å². The van der Waals surface area contributed by atoms with E-state index in [2.05, 4.69) is 14.7 Å². The van der Waals surface area contributed by atoms with E-state index >= 15 is 0 Å². The van der Waals surface area contributed by atoms with E-state index in [1.54, 1.807) is 59.7 Å². The molecule has 0 heterocycles. The fourth-order valence-electron chi connectivity index (χ4n) is 4.36. The molecule has 1 amide bonds. The highest BCUT2D eigenvalue weighted by Gasteiger charge is 2.56. The molecule has 0 fully saturated rings. The Kier molecular flexibility index (Phi) is 6.73. The van der Waals surface area contributed by atoms with Crippen molar-refractivity contribution in [2.45, 2.75) is 58.8 Å². The second kappa shape index (κ2) is 8.52. The number of carbonyl (C=O) groups is 1. The first kappa shape index (κ1) is 25.3. The Balaban J connectivity index is 3.04. The van der Waals surface area contributed by atoms with Gasteiger partial charge in [-0.3, -0.25) is 0 Å². The number of hydrogen-bond acceptors (Lipinski definition) is 5. The van der Waals surface area contributed by atoms with Crippen LogP contribution in [0.1, 0.15) is 47.1 Å². The third-order valence-corrected chi connectivity index (χ3v) is 7.23. The van der Waals surface area contributed by atoms with Gasteiger partial charge in [0.25, 0.3) is 0 Å². The number of sulfonamides is 1. The number of para-hydroxylation sites is 1. The lowest BCUT2D eigenvalue weighted by Gasteiger charge is -2.49. The van der Waals surface area contributed by atoms with Gasteiger partial charge in [0.2, 0.25) is 10.0 Å². The molecule has 32 heavy (non-hydrogen) atoms. The summed E-state index contributed by atoms with van der Waals surface area (Å²) in [6.45, 7) is 10.8.